The van der Waals surface area contributed by atoms with Crippen molar-refractivity contribution in [2.24, 2.45) is 5.92 Å². The van der Waals surface area contributed by atoms with E-state index in [1.165, 1.54) is 11.2 Å². The molecule has 1 aliphatic rings. The third kappa shape index (κ3) is 7.17. The van der Waals surface area contributed by atoms with Gasteiger partial charge in [-0.05, 0) is 43.4 Å². The summed E-state index contributed by atoms with van der Waals surface area (Å²) in [5.41, 5.74) is 7.98. The highest BCUT2D eigenvalue weighted by molar-refractivity contribution is 5.88. The van der Waals surface area contributed by atoms with Gasteiger partial charge in [0.05, 0.1) is 24.2 Å². The summed E-state index contributed by atoms with van der Waals surface area (Å²) in [6.07, 6.45) is -0.229. The van der Waals surface area contributed by atoms with Gasteiger partial charge in [-0.2, -0.15) is 0 Å². The first-order chi connectivity index (χ1) is 24.4. The van der Waals surface area contributed by atoms with E-state index in [1.54, 1.807) is 27.0 Å². The Hall–Kier alpha value is -5.26. The monoisotopic (exact) mass is 691 g/mol. The van der Waals surface area contributed by atoms with Crippen LogP contribution in [0.4, 0.5) is 10.6 Å². The van der Waals surface area contributed by atoms with E-state index < -0.39 is 47.6 Å². The van der Waals surface area contributed by atoms with Crippen LogP contribution in [0.25, 0.3) is 11.0 Å². The van der Waals surface area contributed by atoms with Crippen molar-refractivity contribution in [3.8, 4) is 0 Å². The van der Waals surface area contributed by atoms with Gasteiger partial charge in [0.25, 0.3) is 0 Å². The van der Waals surface area contributed by atoms with Crippen LogP contribution in [0.3, 0.4) is 0 Å². The number of fused-ring (bicyclic) bond motifs is 1. The summed E-state index contributed by atoms with van der Waals surface area (Å²) in [7, 11) is 0. The summed E-state index contributed by atoms with van der Waals surface area (Å²) < 4.78 is 19.3. The Bertz CT molecular complexity index is 1850. The molecule has 1 fully saturated rings. The molecule has 6 rings (SSSR count). The summed E-state index contributed by atoms with van der Waals surface area (Å²) >= 11 is 0. The maximum atomic E-state index is 14.4. The maximum absolute atomic E-state index is 14.4. The van der Waals surface area contributed by atoms with E-state index in [2.05, 4.69) is 15.0 Å². The molecule has 5 aromatic rings. The second-order valence-corrected chi connectivity index (χ2v) is 14.3. The van der Waals surface area contributed by atoms with Crippen LogP contribution in [0.5, 0.6) is 0 Å². The largest absolute Gasteiger partial charge is 0.457 e. The number of hydrogen-bond acceptors (Lipinski definition) is 9. The lowest BCUT2D eigenvalue weighted by Gasteiger charge is -2.39. The first-order valence-corrected chi connectivity index (χ1v) is 17.2. The Morgan fingerprint density at radius 3 is 1.96 bits per heavy atom. The van der Waals surface area contributed by atoms with Crippen molar-refractivity contribution < 1.29 is 28.9 Å². The molecule has 51 heavy (non-hydrogen) atoms. The molecule has 2 aromatic heterocycles. The number of rotatable bonds is 10. The minimum Gasteiger partial charge on any atom is -0.457 e. The molecule has 4 atom stereocenters. The number of esters is 1. The fourth-order valence-electron chi connectivity index (χ4n) is 6.87. The number of nitrogen functional groups attached to an aromatic ring is 1. The Kier molecular flexibility index (Phi) is 10.1. The molecule has 0 saturated carbocycles. The average molecular weight is 692 g/mol. The van der Waals surface area contributed by atoms with Gasteiger partial charge in [0, 0.05) is 18.2 Å². The first-order valence-electron chi connectivity index (χ1n) is 17.2. The highest BCUT2D eigenvalue weighted by Crippen LogP contribution is 2.45. The number of carbonyl (C=O) groups excluding carboxylic acids is 2. The Balaban J connectivity index is 1.52. The summed E-state index contributed by atoms with van der Waals surface area (Å²) in [6.45, 7) is 8.96. The molecule has 1 amide bonds. The molecular weight excluding hydrogens is 646 g/mol. The van der Waals surface area contributed by atoms with Crippen molar-refractivity contribution in [1.29, 1.82) is 0 Å². The lowest BCUT2D eigenvalue weighted by molar-refractivity contribution is -0.157. The normalized spacial score (nSPS) is 19.4. The van der Waals surface area contributed by atoms with E-state index in [0.717, 1.165) is 16.7 Å². The van der Waals surface area contributed by atoms with E-state index in [9.17, 15) is 14.7 Å². The van der Waals surface area contributed by atoms with Crippen molar-refractivity contribution in [1.82, 2.24) is 19.9 Å². The number of nitrogens with two attached hydrogens (primary N) is 1. The van der Waals surface area contributed by atoms with Crippen LogP contribution < -0.4 is 5.73 Å². The number of anilines is 1. The van der Waals surface area contributed by atoms with Crippen molar-refractivity contribution in [3.05, 3.63) is 126 Å². The van der Waals surface area contributed by atoms with Crippen LogP contribution in [0, 0.1) is 5.92 Å². The average Bonchev–Trinajstić information content (AvgIpc) is 3.64. The van der Waals surface area contributed by atoms with Crippen LogP contribution in [-0.4, -0.2) is 67.5 Å². The van der Waals surface area contributed by atoms with Gasteiger partial charge < -0.3 is 30.0 Å². The van der Waals surface area contributed by atoms with Gasteiger partial charge in [-0.3, -0.25) is 9.69 Å². The quantitative estimate of drug-likeness (QED) is 0.110. The molecule has 4 N–H and O–H groups in total. The molecule has 0 radical (unpaired) electrons. The number of benzene rings is 3. The minimum absolute atomic E-state index is 0.00122. The Labute approximate surface area is 297 Å². The number of nitrogens with zero attached hydrogens (tertiary/aromatic N) is 3. The summed E-state index contributed by atoms with van der Waals surface area (Å²) in [5.74, 6) is -0.297. The van der Waals surface area contributed by atoms with E-state index in [-0.39, 0.29) is 24.8 Å². The molecule has 3 aromatic carbocycles. The van der Waals surface area contributed by atoms with Crippen LogP contribution in [0.15, 0.2) is 104 Å². The van der Waals surface area contributed by atoms with E-state index in [0.29, 0.717) is 16.6 Å². The fourth-order valence-corrected chi connectivity index (χ4v) is 6.87. The van der Waals surface area contributed by atoms with Gasteiger partial charge in [0.2, 0.25) is 0 Å². The zero-order valence-electron chi connectivity index (χ0n) is 29.5. The van der Waals surface area contributed by atoms with Gasteiger partial charge in [0.1, 0.15) is 29.2 Å². The van der Waals surface area contributed by atoms with Gasteiger partial charge in [-0.15, -0.1) is 0 Å². The minimum atomic E-state index is -1.39. The van der Waals surface area contributed by atoms with Gasteiger partial charge in [-0.1, -0.05) is 105 Å². The molecule has 1 aliphatic heterocycles. The predicted molar refractivity (Wildman–Crippen MR) is 193 cm³/mol. The Morgan fingerprint density at radius 2 is 1.45 bits per heavy atom. The van der Waals surface area contributed by atoms with Crippen molar-refractivity contribution in [3.63, 3.8) is 0 Å². The van der Waals surface area contributed by atoms with Crippen LogP contribution in [-0.2, 0) is 24.6 Å². The third-order valence-corrected chi connectivity index (χ3v) is 9.00. The number of hydrogen-bond donors (Lipinski definition) is 3. The van der Waals surface area contributed by atoms with Crippen LogP contribution in [0.1, 0.15) is 69.3 Å². The van der Waals surface area contributed by atoms with Crippen LogP contribution >= 0.6 is 0 Å². The predicted octanol–water partition coefficient (Wildman–Crippen LogP) is 6.53. The molecule has 1 saturated heterocycles. The standard InChI is InChI=1S/C40H45N5O6/c1-25(2)21-31(46)50-36-30(23-49-40(26-15-9-6-10-16-26,27-17-11-7-12-18-27)28-19-13-8-14-20-28)45(38(48)51-39(3,4)5)34(35(36)47)29-22-42-33-32(29)43-24-44-37(33)41/h6-20,22,24-25,30,34-36,42,47H,21,23H2,1-5H3,(H2,41,43,44)/t30-,34+,35+,36-/m1/s1. The highest BCUT2D eigenvalue weighted by atomic mass is 16.6. The fraction of sp³-hybridized carbons (Fsp3) is 0.350. The van der Waals surface area contributed by atoms with Crippen molar-refractivity contribution >= 4 is 28.9 Å². The SMILES string of the molecule is CC(C)CC(=O)O[C@H]1[C@@H](O)[C@H](c2c[nH]c3c(N)ncnc23)N(C(=O)OC(C)(C)C)[C@@H]1COC(c1ccccc1)(c1ccccc1)c1ccccc1. The lowest BCUT2D eigenvalue weighted by Crippen LogP contribution is -2.48. The number of aromatic nitrogens is 3. The molecule has 0 unspecified atom stereocenters. The zero-order chi connectivity index (χ0) is 36.3. The summed E-state index contributed by atoms with van der Waals surface area (Å²) in [4.78, 5) is 40.8. The molecular formula is C40H45N5O6. The summed E-state index contributed by atoms with van der Waals surface area (Å²) in [6, 6.07) is 27.4. The maximum Gasteiger partial charge on any atom is 0.411 e. The number of H-pyrrole nitrogens is 1. The molecule has 3 heterocycles. The number of aliphatic hydroxyl groups is 1. The van der Waals surface area contributed by atoms with Crippen molar-refractivity contribution in [2.75, 3.05) is 12.3 Å². The zero-order valence-corrected chi connectivity index (χ0v) is 29.5. The van der Waals surface area contributed by atoms with Crippen molar-refractivity contribution in [2.45, 2.75) is 76.5 Å². The lowest BCUT2D eigenvalue weighted by atomic mass is 9.80. The van der Waals surface area contributed by atoms with E-state index >= 15 is 0 Å². The number of ether oxygens (including phenoxy) is 3. The second-order valence-electron chi connectivity index (χ2n) is 14.3. The van der Waals surface area contributed by atoms with Gasteiger partial charge in [-0.25, -0.2) is 14.8 Å². The number of aromatic amines is 1. The molecule has 11 heteroatoms. The number of amides is 1. The molecule has 0 aliphatic carbocycles. The number of likely N-dealkylation sites (tertiary alicyclic amines) is 1. The van der Waals surface area contributed by atoms with E-state index in [1.807, 2.05) is 105 Å². The third-order valence-electron chi connectivity index (χ3n) is 9.00. The Morgan fingerprint density at radius 1 is 0.902 bits per heavy atom. The van der Waals surface area contributed by atoms with E-state index in [4.69, 9.17) is 19.9 Å². The summed E-state index contributed by atoms with van der Waals surface area (Å²) in [5, 5.41) is 12.2. The second kappa shape index (κ2) is 14.5. The van der Waals surface area contributed by atoms with Gasteiger partial charge >= 0.3 is 12.1 Å². The topological polar surface area (TPSA) is 153 Å². The number of nitrogens with one attached hydrogen (secondary N) is 1. The molecule has 266 valence electrons. The van der Waals surface area contributed by atoms with Gasteiger partial charge in [0.15, 0.2) is 11.9 Å². The number of carbonyl (C=O) groups is 2. The molecule has 0 bridgehead atoms. The highest BCUT2D eigenvalue weighted by Gasteiger charge is 2.56. The smallest absolute Gasteiger partial charge is 0.411 e. The van der Waals surface area contributed by atoms with Crippen LogP contribution in [0.2, 0.25) is 0 Å². The molecule has 0 spiro atoms. The first kappa shape index (κ1) is 35.6. The number of aliphatic hydroxyl groups excluding tert-OH is 1. The molecule has 11 nitrogen and oxygen atoms in total.